The molecule has 0 spiro atoms. The van der Waals surface area contributed by atoms with E-state index in [2.05, 4.69) is 9.62 Å². The third-order valence-corrected chi connectivity index (χ3v) is 7.82. The Labute approximate surface area is 198 Å². The molecule has 1 aliphatic rings. The molecule has 10 heteroatoms. The fourth-order valence-corrected chi connectivity index (χ4v) is 6.27. The summed E-state index contributed by atoms with van der Waals surface area (Å²) in [7, 11) is -0.533. The smallest absolute Gasteiger partial charge is 0.243 e. The molecule has 0 radical (unpaired) electrons. The van der Waals surface area contributed by atoms with Crippen molar-refractivity contribution in [2.45, 2.75) is 30.7 Å². The van der Waals surface area contributed by atoms with Gasteiger partial charge in [-0.3, -0.25) is 4.90 Å². The van der Waals surface area contributed by atoms with Crippen molar-refractivity contribution < 1.29 is 17.9 Å². The number of hydrogen-bond donors (Lipinski definition) is 1. The molecule has 6 nitrogen and oxygen atoms in total. The zero-order valence-corrected chi connectivity index (χ0v) is 20.5. The number of fused-ring (bicyclic) bond motifs is 1. The average Bonchev–Trinajstić information content (AvgIpc) is 2.71. The number of benzene rings is 2. The van der Waals surface area contributed by atoms with E-state index in [1.807, 2.05) is 12.1 Å². The third kappa shape index (κ3) is 5.97. The molecular formula is C21H25Cl3N2O4S. The minimum atomic E-state index is -3.81. The second-order valence-corrected chi connectivity index (χ2v) is 10.3. The predicted octanol–water partition coefficient (Wildman–Crippen LogP) is 4.78. The number of unbranched alkanes of at least 4 members (excludes halogenated alkanes) is 1. The van der Waals surface area contributed by atoms with E-state index in [4.69, 9.17) is 44.3 Å². The van der Waals surface area contributed by atoms with Crippen LogP contribution >= 0.6 is 34.8 Å². The van der Waals surface area contributed by atoms with Gasteiger partial charge in [0.15, 0.2) is 11.5 Å². The molecule has 3 rings (SSSR count). The minimum absolute atomic E-state index is 0.00374. The van der Waals surface area contributed by atoms with Gasteiger partial charge in [0.05, 0.1) is 24.3 Å². The van der Waals surface area contributed by atoms with Crippen molar-refractivity contribution in [2.24, 2.45) is 0 Å². The Hall–Kier alpha value is -1.22. The number of nitrogens with one attached hydrogen (secondary N) is 1. The van der Waals surface area contributed by atoms with Crippen LogP contribution < -0.4 is 14.2 Å². The van der Waals surface area contributed by atoms with Crippen LogP contribution in [0.1, 0.15) is 24.0 Å². The highest BCUT2D eigenvalue weighted by Gasteiger charge is 2.22. The van der Waals surface area contributed by atoms with Crippen LogP contribution in [0.25, 0.3) is 0 Å². The average molecular weight is 508 g/mol. The van der Waals surface area contributed by atoms with Gasteiger partial charge in [0.2, 0.25) is 10.0 Å². The normalized spacial score (nSPS) is 14.4. The molecule has 0 aliphatic carbocycles. The summed E-state index contributed by atoms with van der Waals surface area (Å²) < 4.78 is 38.4. The lowest BCUT2D eigenvalue weighted by atomic mass is 9.98. The van der Waals surface area contributed by atoms with Crippen molar-refractivity contribution >= 4 is 44.8 Å². The molecule has 170 valence electrons. The van der Waals surface area contributed by atoms with Crippen molar-refractivity contribution in [3.63, 3.8) is 0 Å². The first-order valence-corrected chi connectivity index (χ1v) is 12.5. The molecule has 0 amide bonds. The molecule has 1 aliphatic heterocycles. The first-order chi connectivity index (χ1) is 14.7. The maximum absolute atomic E-state index is 12.5. The maximum Gasteiger partial charge on any atom is 0.243 e. The number of nitrogens with zero attached hydrogens (tertiary/aromatic N) is 1. The fourth-order valence-electron chi connectivity index (χ4n) is 3.66. The van der Waals surface area contributed by atoms with Gasteiger partial charge in [-0.2, -0.15) is 0 Å². The topological polar surface area (TPSA) is 67.9 Å². The lowest BCUT2D eigenvalue weighted by Crippen LogP contribution is -2.32. The molecule has 0 fully saturated rings. The van der Waals surface area contributed by atoms with Crippen LogP contribution in [0.4, 0.5) is 0 Å². The number of ether oxygens (including phenoxy) is 2. The molecule has 0 unspecified atom stereocenters. The van der Waals surface area contributed by atoms with E-state index in [1.54, 1.807) is 14.2 Å². The standard InChI is InChI=1S/C21H25Cl3N2O4S/c1-29-19-9-14-5-8-26(13-15(14)10-20(19)30-2)7-4-3-6-25-31(27,28)21-17(23)11-16(22)12-18(21)24/h9-12,25H,3-8,13H2,1-2H3. The van der Waals surface area contributed by atoms with Crippen LogP contribution in [0, 0.1) is 0 Å². The lowest BCUT2D eigenvalue weighted by Gasteiger charge is -2.29. The Morgan fingerprint density at radius 1 is 0.968 bits per heavy atom. The summed E-state index contributed by atoms with van der Waals surface area (Å²) in [5.41, 5.74) is 2.51. The van der Waals surface area contributed by atoms with Crippen molar-refractivity contribution in [3.8, 4) is 11.5 Å². The highest BCUT2D eigenvalue weighted by Crippen LogP contribution is 2.34. The van der Waals surface area contributed by atoms with Gasteiger partial charge in [-0.15, -0.1) is 0 Å². The van der Waals surface area contributed by atoms with E-state index in [9.17, 15) is 8.42 Å². The highest BCUT2D eigenvalue weighted by molar-refractivity contribution is 7.89. The van der Waals surface area contributed by atoms with Crippen LogP contribution in [0.15, 0.2) is 29.2 Å². The number of hydrogen-bond acceptors (Lipinski definition) is 5. The quantitative estimate of drug-likeness (QED) is 0.495. The van der Waals surface area contributed by atoms with E-state index in [0.29, 0.717) is 13.0 Å². The molecule has 1 heterocycles. The molecule has 2 aromatic rings. The van der Waals surface area contributed by atoms with Gasteiger partial charge >= 0.3 is 0 Å². The summed E-state index contributed by atoms with van der Waals surface area (Å²) >= 11 is 17.9. The monoisotopic (exact) mass is 506 g/mol. The van der Waals surface area contributed by atoms with Gasteiger partial charge in [-0.1, -0.05) is 34.8 Å². The van der Waals surface area contributed by atoms with Crippen molar-refractivity contribution in [3.05, 3.63) is 50.5 Å². The Morgan fingerprint density at radius 3 is 2.19 bits per heavy atom. The Kier molecular flexibility index (Phi) is 8.35. The van der Waals surface area contributed by atoms with Crippen molar-refractivity contribution in [2.75, 3.05) is 33.9 Å². The first kappa shape index (κ1) is 24.4. The Morgan fingerprint density at radius 2 is 1.58 bits per heavy atom. The SMILES string of the molecule is COc1cc2c(cc1OC)CN(CCCCNS(=O)(=O)c1c(Cl)cc(Cl)cc1Cl)CC2. The fraction of sp³-hybridized carbons (Fsp3) is 0.429. The van der Waals surface area contributed by atoms with Crippen LogP contribution in [-0.2, 0) is 23.0 Å². The van der Waals surface area contributed by atoms with E-state index in [0.717, 1.165) is 44.0 Å². The van der Waals surface area contributed by atoms with Crippen molar-refractivity contribution in [1.29, 1.82) is 0 Å². The van der Waals surface area contributed by atoms with E-state index >= 15 is 0 Å². The molecule has 2 aromatic carbocycles. The molecule has 1 N–H and O–H groups in total. The summed E-state index contributed by atoms with van der Waals surface area (Å²) in [5.74, 6) is 1.49. The molecule has 31 heavy (non-hydrogen) atoms. The van der Waals surface area contributed by atoms with E-state index < -0.39 is 10.0 Å². The van der Waals surface area contributed by atoms with Crippen LogP contribution in [0.5, 0.6) is 11.5 Å². The van der Waals surface area contributed by atoms with Gasteiger partial charge in [0.25, 0.3) is 0 Å². The van der Waals surface area contributed by atoms with Gasteiger partial charge < -0.3 is 9.47 Å². The second kappa shape index (κ2) is 10.6. The van der Waals surface area contributed by atoms with Gasteiger partial charge in [-0.25, -0.2) is 13.1 Å². The van der Waals surface area contributed by atoms with Gasteiger partial charge in [-0.05, 0) is 61.2 Å². The van der Waals surface area contributed by atoms with Crippen LogP contribution in [-0.4, -0.2) is 47.2 Å². The molecule has 0 atom stereocenters. The summed E-state index contributed by atoms with van der Waals surface area (Å²) in [6.45, 7) is 2.95. The van der Waals surface area contributed by atoms with Crippen LogP contribution in [0.3, 0.4) is 0 Å². The largest absolute Gasteiger partial charge is 0.493 e. The number of methoxy groups -OCH3 is 2. The van der Waals surface area contributed by atoms with Crippen molar-refractivity contribution in [1.82, 2.24) is 9.62 Å². The highest BCUT2D eigenvalue weighted by atomic mass is 35.5. The van der Waals surface area contributed by atoms with E-state index in [1.165, 1.54) is 23.3 Å². The Balaban J connectivity index is 1.50. The molecule has 0 aromatic heterocycles. The van der Waals surface area contributed by atoms with Gasteiger partial charge in [0.1, 0.15) is 4.90 Å². The molecule has 0 saturated carbocycles. The van der Waals surface area contributed by atoms with Crippen LogP contribution in [0.2, 0.25) is 15.1 Å². The summed E-state index contributed by atoms with van der Waals surface area (Å²) in [5, 5.41) is 0.293. The zero-order valence-electron chi connectivity index (χ0n) is 17.4. The van der Waals surface area contributed by atoms with Gasteiger partial charge in [0, 0.05) is 24.7 Å². The summed E-state index contributed by atoms with van der Waals surface area (Å²) in [6.07, 6.45) is 2.49. The second-order valence-electron chi connectivity index (χ2n) is 7.31. The first-order valence-electron chi connectivity index (χ1n) is 9.85. The van der Waals surface area contributed by atoms with E-state index in [-0.39, 0.29) is 20.0 Å². The third-order valence-electron chi connectivity index (χ3n) is 5.22. The number of sulfonamides is 1. The minimum Gasteiger partial charge on any atom is -0.493 e. The lowest BCUT2D eigenvalue weighted by molar-refractivity contribution is 0.248. The summed E-state index contributed by atoms with van der Waals surface area (Å²) in [6, 6.07) is 6.81. The molecule has 0 saturated heterocycles. The molecule has 0 bridgehead atoms. The predicted molar refractivity (Wildman–Crippen MR) is 124 cm³/mol. The summed E-state index contributed by atoms with van der Waals surface area (Å²) in [4.78, 5) is 2.22. The zero-order chi connectivity index (χ0) is 22.6. The number of rotatable bonds is 9. The Bertz CT molecular complexity index is 1020. The molecular weight excluding hydrogens is 483 g/mol. The maximum atomic E-state index is 12.5. The number of halogens is 3.